The van der Waals surface area contributed by atoms with Crippen LogP contribution in [0.5, 0.6) is 0 Å². The van der Waals surface area contributed by atoms with Crippen LogP contribution in [-0.2, 0) is 11.3 Å². The Balaban J connectivity index is 2.49. The van der Waals surface area contributed by atoms with Crippen molar-refractivity contribution in [2.24, 2.45) is 0 Å². The minimum absolute atomic E-state index is 0.126. The number of halogens is 1. The Morgan fingerprint density at radius 2 is 2.40 bits per heavy atom. The van der Waals surface area contributed by atoms with Gasteiger partial charge in [0, 0.05) is 16.9 Å². The molecule has 15 heavy (non-hydrogen) atoms. The van der Waals surface area contributed by atoms with Crippen molar-refractivity contribution in [1.82, 2.24) is 14.2 Å². The van der Waals surface area contributed by atoms with Gasteiger partial charge in [-0.1, -0.05) is 0 Å². The van der Waals surface area contributed by atoms with E-state index in [1.807, 2.05) is 12.1 Å². The summed E-state index contributed by atoms with van der Waals surface area (Å²) in [6.45, 7) is 0.967. The molecule has 5 nitrogen and oxygen atoms in total. The van der Waals surface area contributed by atoms with Crippen LogP contribution in [0.25, 0.3) is 5.65 Å². The summed E-state index contributed by atoms with van der Waals surface area (Å²) in [5.41, 5.74) is 0.543. The molecule has 0 aliphatic carbocycles. The molecule has 0 aromatic carbocycles. The van der Waals surface area contributed by atoms with Crippen LogP contribution in [0.15, 0.2) is 23.1 Å². The third-order valence-electron chi connectivity index (χ3n) is 2.05. The molecule has 0 aliphatic rings. The Bertz CT molecular complexity index is 532. The van der Waals surface area contributed by atoms with Crippen LogP contribution in [0.4, 0.5) is 0 Å². The summed E-state index contributed by atoms with van der Waals surface area (Å²) in [5.74, 6) is 0. The molecule has 2 aromatic rings. The Morgan fingerprint density at radius 3 is 3.13 bits per heavy atom. The van der Waals surface area contributed by atoms with E-state index in [0.29, 0.717) is 18.8 Å². The molecule has 6 heteroatoms. The number of ether oxygens (including phenoxy) is 1. The summed E-state index contributed by atoms with van der Waals surface area (Å²) in [6.07, 6.45) is 1.73. The van der Waals surface area contributed by atoms with Crippen molar-refractivity contribution in [1.29, 1.82) is 0 Å². The van der Waals surface area contributed by atoms with E-state index in [-0.39, 0.29) is 5.69 Å². The van der Waals surface area contributed by atoms with Gasteiger partial charge in [-0.3, -0.25) is 4.40 Å². The van der Waals surface area contributed by atoms with E-state index >= 15 is 0 Å². The highest BCUT2D eigenvalue weighted by Gasteiger charge is 2.05. The Morgan fingerprint density at radius 1 is 1.60 bits per heavy atom. The van der Waals surface area contributed by atoms with E-state index < -0.39 is 0 Å². The molecule has 0 aliphatic heterocycles. The average molecular weight is 319 g/mol. The lowest BCUT2D eigenvalue weighted by Gasteiger charge is -1.95. The molecule has 0 saturated heterocycles. The van der Waals surface area contributed by atoms with Gasteiger partial charge in [0.1, 0.15) is 0 Å². The predicted octanol–water partition coefficient (Wildman–Crippen LogP) is 0.747. The number of hydrogen-bond donors (Lipinski definition) is 0. The zero-order valence-electron chi connectivity index (χ0n) is 8.18. The van der Waals surface area contributed by atoms with E-state index in [1.54, 1.807) is 13.3 Å². The van der Waals surface area contributed by atoms with Gasteiger partial charge in [-0.2, -0.15) is 0 Å². The largest absolute Gasteiger partial charge is 0.383 e. The van der Waals surface area contributed by atoms with Gasteiger partial charge in [0.2, 0.25) is 0 Å². The molecule has 0 radical (unpaired) electrons. The lowest BCUT2D eigenvalue weighted by atomic mass is 10.5. The SMILES string of the molecule is COCCn1nc2cc(I)ccn2c1=O. The number of hydrogen-bond acceptors (Lipinski definition) is 3. The lowest BCUT2D eigenvalue weighted by molar-refractivity contribution is 0.182. The standard InChI is InChI=1S/C9H10IN3O2/c1-15-5-4-13-9(14)12-3-2-7(10)6-8(12)11-13/h2-3,6H,4-5H2,1H3. The Kier molecular flexibility index (Phi) is 3.06. The minimum Gasteiger partial charge on any atom is -0.383 e. The van der Waals surface area contributed by atoms with Gasteiger partial charge in [-0.25, -0.2) is 9.48 Å². The molecule has 0 saturated carbocycles. The van der Waals surface area contributed by atoms with Crippen LogP contribution in [0.3, 0.4) is 0 Å². The molecule has 80 valence electrons. The van der Waals surface area contributed by atoms with Gasteiger partial charge in [0.05, 0.1) is 13.2 Å². The van der Waals surface area contributed by atoms with Gasteiger partial charge in [-0.15, -0.1) is 5.10 Å². The summed E-state index contributed by atoms with van der Waals surface area (Å²) in [5, 5.41) is 4.19. The first-order chi connectivity index (χ1) is 7.22. The van der Waals surface area contributed by atoms with Crippen LogP contribution >= 0.6 is 22.6 Å². The fourth-order valence-corrected chi connectivity index (χ4v) is 1.76. The highest BCUT2D eigenvalue weighted by atomic mass is 127. The van der Waals surface area contributed by atoms with E-state index in [0.717, 1.165) is 3.57 Å². The van der Waals surface area contributed by atoms with Crippen LogP contribution in [0.2, 0.25) is 0 Å². The maximum atomic E-state index is 11.8. The van der Waals surface area contributed by atoms with Gasteiger partial charge < -0.3 is 4.74 Å². The average Bonchev–Trinajstić information content (AvgIpc) is 2.52. The molecule has 0 atom stereocenters. The van der Waals surface area contributed by atoms with Gasteiger partial charge in [0.25, 0.3) is 0 Å². The topological polar surface area (TPSA) is 48.5 Å². The second kappa shape index (κ2) is 4.31. The molecule has 2 aromatic heterocycles. The number of pyridine rings is 1. The molecular weight excluding hydrogens is 309 g/mol. The van der Waals surface area contributed by atoms with Crippen LogP contribution in [0, 0.1) is 3.57 Å². The van der Waals surface area contributed by atoms with Crippen molar-refractivity contribution < 1.29 is 4.74 Å². The van der Waals surface area contributed by atoms with Crippen molar-refractivity contribution in [2.45, 2.75) is 6.54 Å². The van der Waals surface area contributed by atoms with E-state index in [1.165, 1.54) is 9.08 Å². The van der Waals surface area contributed by atoms with Crippen LogP contribution in [-0.4, -0.2) is 27.9 Å². The zero-order valence-corrected chi connectivity index (χ0v) is 10.3. The second-order valence-electron chi connectivity index (χ2n) is 3.07. The monoisotopic (exact) mass is 319 g/mol. The molecular formula is C9H10IN3O2. The number of nitrogens with zero attached hydrogens (tertiary/aromatic N) is 3. The summed E-state index contributed by atoms with van der Waals surface area (Å²) >= 11 is 2.19. The fraction of sp³-hybridized carbons (Fsp3) is 0.333. The molecule has 0 spiro atoms. The smallest absolute Gasteiger partial charge is 0.350 e. The number of fused-ring (bicyclic) bond motifs is 1. The van der Waals surface area contributed by atoms with Gasteiger partial charge in [0.15, 0.2) is 5.65 Å². The first-order valence-corrected chi connectivity index (χ1v) is 5.54. The second-order valence-corrected chi connectivity index (χ2v) is 4.32. The highest BCUT2D eigenvalue weighted by Crippen LogP contribution is 2.05. The molecule has 2 rings (SSSR count). The molecule has 0 amide bonds. The molecule has 0 fully saturated rings. The zero-order chi connectivity index (χ0) is 10.8. The van der Waals surface area contributed by atoms with Crippen LogP contribution in [0.1, 0.15) is 0 Å². The van der Waals surface area contributed by atoms with E-state index in [9.17, 15) is 4.79 Å². The molecule has 0 bridgehead atoms. The van der Waals surface area contributed by atoms with Gasteiger partial charge in [-0.05, 0) is 34.7 Å². The fourth-order valence-electron chi connectivity index (χ4n) is 1.32. The number of methoxy groups -OCH3 is 1. The first kappa shape index (κ1) is 10.6. The van der Waals surface area contributed by atoms with Crippen molar-refractivity contribution >= 4 is 28.2 Å². The third kappa shape index (κ3) is 2.05. The van der Waals surface area contributed by atoms with Crippen molar-refractivity contribution in [3.05, 3.63) is 32.4 Å². The number of aromatic nitrogens is 3. The summed E-state index contributed by atoms with van der Waals surface area (Å²) in [7, 11) is 1.60. The number of rotatable bonds is 3. The molecule has 2 heterocycles. The predicted molar refractivity (Wildman–Crippen MR) is 64.0 cm³/mol. The maximum absolute atomic E-state index is 11.8. The maximum Gasteiger partial charge on any atom is 0.350 e. The normalized spacial score (nSPS) is 11.1. The summed E-state index contributed by atoms with van der Waals surface area (Å²) in [4.78, 5) is 11.8. The Labute approximate surface area is 99.8 Å². The van der Waals surface area contributed by atoms with Crippen LogP contribution < -0.4 is 5.69 Å². The summed E-state index contributed by atoms with van der Waals surface area (Å²) in [6, 6.07) is 3.74. The minimum atomic E-state index is -0.126. The van der Waals surface area contributed by atoms with E-state index in [4.69, 9.17) is 4.74 Å². The molecule has 0 unspecified atom stereocenters. The molecule has 0 N–H and O–H groups in total. The first-order valence-electron chi connectivity index (χ1n) is 4.46. The van der Waals surface area contributed by atoms with Crippen molar-refractivity contribution in [3.63, 3.8) is 0 Å². The Hall–Kier alpha value is -0.890. The van der Waals surface area contributed by atoms with Crippen molar-refractivity contribution in [2.75, 3.05) is 13.7 Å². The summed E-state index contributed by atoms with van der Waals surface area (Å²) < 4.78 is 8.91. The van der Waals surface area contributed by atoms with Gasteiger partial charge >= 0.3 is 5.69 Å². The lowest BCUT2D eigenvalue weighted by Crippen LogP contribution is -2.22. The quantitative estimate of drug-likeness (QED) is 0.785. The van der Waals surface area contributed by atoms with Crippen molar-refractivity contribution in [3.8, 4) is 0 Å². The van der Waals surface area contributed by atoms with E-state index in [2.05, 4.69) is 27.7 Å². The third-order valence-corrected chi connectivity index (χ3v) is 2.72. The highest BCUT2D eigenvalue weighted by molar-refractivity contribution is 14.1.